The number of carbonyl (C=O) groups is 1. The van der Waals surface area contributed by atoms with Crippen molar-refractivity contribution in [2.75, 3.05) is 0 Å². The summed E-state index contributed by atoms with van der Waals surface area (Å²) in [4.78, 5) is 11.4. The second-order valence-corrected chi connectivity index (χ2v) is 4.57. The molecule has 2 nitrogen and oxygen atoms in total. The Morgan fingerprint density at radius 2 is 1.67 bits per heavy atom. The quantitative estimate of drug-likeness (QED) is 0.909. The molecule has 0 unspecified atom stereocenters. The fourth-order valence-corrected chi connectivity index (χ4v) is 2.02. The van der Waals surface area contributed by atoms with Crippen LogP contribution in [0, 0.1) is 0 Å². The van der Waals surface area contributed by atoms with Crippen molar-refractivity contribution in [2.24, 2.45) is 0 Å². The minimum atomic E-state index is -0.818. The first-order valence-corrected chi connectivity index (χ1v) is 6.07. The number of rotatable bonds is 4. The molecule has 2 aromatic carbocycles. The summed E-state index contributed by atoms with van der Waals surface area (Å²) >= 11 is 5.81. The lowest BCUT2D eigenvalue weighted by Gasteiger charge is -2.13. The summed E-state index contributed by atoms with van der Waals surface area (Å²) in [5.41, 5.74) is 1.79. The van der Waals surface area contributed by atoms with Crippen LogP contribution in [-0.4, -0.2) is 11.1 Å². The van der Waals surface area contributed by atoms with Gasteiger partial charge in [-0.15, -0.1) is 0 Å². The summed E-state index contributed by atoms with van der Waals surface area (Å²) in [6.45, 7) is 0. The molecule has 1 N–H and O–H groups in total. The molecule has 2 aromatic rings. The van der Waals surface area contributed by atoms with Gasteiger partial charge in [0, 0.05) is 5.02 Å². The topological polar surface area (TPSA) is 37.3 Å². The van der Waals surface area contributed by atoms with Crippen LogP contribution < -0.4 is 0 Å². The van der Waals surface area contributed by atoms with Gasteiger partial charge in [0.15, 0.2) is 0 Å². The maximum Gasteiger partial charge on any atom is 0.311 e. The molecule has 0 aliphatic carbocycles. The van der Waals surface area contributed by atoms with Crippen LogP contribution in [0.25, 0.3) is 0 Å². The molecule has 0 aromatic heterocycles. The molecule has 0 spiro atoms. The monoisotopic (exact) mass is 260 g/mol. The predicted molar refractivity (Wildman–Crippen MR) is 72.0 cm³/mol. The fourth-order valence-electron chi connectivity index (χ4n) is 1.89. The molecule has 0 amide bonds. The zero-order valence-electron chi connectivity index (χ0n) is 9.71. The van der Waals surface area contributed by atoms with E-state index in [4.69, 9.17) is 11.6 Å². The summed E-state index contributed by atoms with van der Waals surface area (Å²) < 4.78 is 0. The predicted octanol–water partition coefficient (Wildman–Crippen LogP) is 3.75. The lowest BCUT2D eigenvalue weighted by Crippen LogP contribution is -2.14. The third-order valence-electron chi connectivity index (χ3n) is 2.85. The Morgan fingerprint density at radius 1 is 1.06 bits per heavy atom. The Hall–Kier alpha value is -1.80. The van der Waals surface area contributed by atoms with Crippen molar-refractivity contribution in [1.29, 1.82) is 0 Å². The van der Waals surface area contributed by atoms with Crippen LogP contribution >= 0.6 is 11.6 Å². The number of aliphatic carboxylic acids is 1. The molecule has 2 rings (SSSR count). The molecule has 0 bridgehead atoms. The zero-order chi connectivity index (χ0) is 13.0. The highest BCUT2D eigenvalue weighted by Gasteiger charge is 2.19. The van der Waals surface area contributed by atoms with E-state index in [1.54, 1.807) is 24.3 Å². The van der Waals surface area contributed by atoms with Gasteiger partial charge in [-0.1, -0.05) is 54.1 Å². The summed E-state index contributed by atoms with van der Waals surface area (Å²) in [6, 6.07) is 16.6. The minimum Gasteiger partial charge on any atom is -0.481 e. The Balaban J connectivity index is 2.24. The van der Waals surface area contributed by atoms with Gasteiger partial charge in [0.05, 0.1) is 5.92 Å². The molecule has 92 valence electrons. The van der Waals surface area contributed by atoms with Gasteiger partial charge in [-0.25, -0.2) is 0 Å². The van der Waals surface area contributed by atoms with Gasteiger partial charge in [-0.05, 0) is 29.7 Å². The molecule has 18 heavy (non-hydrogen) atoms. The van der Waals surface area contributed by atoms with E-state index in [9.17, 15) is 9.90 Å². The van der Waals surface area contributed by atoms with E-state index in [1.165, 1.54) is 0 Å². The standard InChI is InChI=1S/C15H13ClO2/c16-13-8-6-12(7-9-13)14(15(17)18)10-11-4-2-1-3-5-11/h1-9,14H,10H2,(H,17,18)/t14-/m0/s1. The van der Waals surface area contributed by atoms with Crippen LogP contribution in [0.1, 0.15) is 17.0 Å². The molecular formula is C15H13ClO2. The first kappa shape index (κ1) is 12.7. The van der Waals surface area contributed by atoms with Gasteiger partial charge >= 0.3 is 5.97 Å². The first-order chi connectivity index (χ1) is 8.66. The highest BCUT2D eigenvalue weighted by molar-refractivity contribution is 6.30. The van der Waals surface area contributed by atoms with Crippen molar-refractivity contribution < 1.29 is 9.90 Å². The second-order valence-electron chi connectivity index (χ2n) is 4.13. The molecule has 0 aliphatic heterocycles. The van der Waals surface area contributed by atoms with E-state index in [-0.39, 0.29) is 0 Å². The normalized spacial score (nSPS) is 12.1. The summed E-state index contributed by atoms with van der Waals surface area (Å²) in [5.74, 6) is -1.36. The van der Waals surface area contributed by atoms with E-state index in [0.29, 0.717) is 11.4 Å². The van der Waals surface area contributed by atoms with Gasteiger partial charge in [0.25, 0.3) is 0 Å². The molecule has 0 saturated carbocycles. The van der Waals surface area contributed by atoms with Crippen molar-refractivity contribution in [2.45, 2.75) is 12.3 Å². The Kier molecular flexibility index (Phi) is 4.00. The average Bonchev–Trinajstić information content (AvgIpc) is 2.38. The van der Waals surface area contributed by atoms with Crippen molar-refractivity contribution >= 4 is 17.6 Å². The lowest BCUT2D eigenvalue weighted by molar-refractivity contribution is -0.138. The third kappa shape index (κ3) is 3.11. The first-order valence-electron chi connectivity index (χ1n) is 5.69. The van der Waals surface area contributed by atoms with Gasteiger partial charge in [-0.3, -0.25) is 4.79 Å². The van der Waals surface area contributed by atoms with Crippen LogP contribution in [-0.2, 0) is 11.2 Å². The van der Waals surface area contributed by atoms with Crippen molar-refractivity contribution in [3.63, 3.8) is 0 Å². The van der Waals surface area contributed by atoms with Gasteiger partial charge in [-0.2, -0.15) is 0 Å². The molecular weight excluding hydrogens is 248 g/mol. The second kappa shape index (κ2) is 5.69. The number of halogens is 1. The zero-order valence-corrected chi connectivity index (χ0v) is 10.5. The van der Waals surface area contributed by atoms with E-state index in [1.807, 2.05) is 30.3 Å². The molecule has 1 atom stereocenters. The van der Waals surface area contributed by atoms with Gasteiger partial charge in [0.2, 0.25) is 0 Å². The van der Waals surface area contributed by atoms with Crippen molar-refractivity contribution in [1.82, 2.24) is 0 Å². The number of carboxylic acids is 1. The Morgan fingerprint density at radius 3 is 2.22 bits per heavy atom. The molecule has 0 heterocycles. The molecule has 0 aliphatic rings. The molecule has 0 radical (unpaired) electrons. The van der Waals surface area contributed by atoms with Crippen molar-refractivity contribution in [3.05, 3.63) is 70.7 Å². The van der Waals surface area contributed by atoms with Crippen LogP contribution in [0.5, 0.6) is 0 Å². The van der Waals surface area contributed by atoms with Crippen molar-refractivity contribution in [3.8, 4) is 0 Å². The Bertz CT molecular complexity index is 520. The summed E-state index contributed by atoms with van der Waals surface area (Å²) in [7, 11) is 0. The maximum atomic E-state index is 11.4. The van der Waals surface area contributed by atoms with Gasteiger partial charge < -0.3 is 5.11 Å². The largest absolute Gasteiger partial charge is 0.481 e. The Labute approximate surface area is 111 Å². The maximum absolute atomic E-state index is 11.4. The number of hydrogen-bond acceptors (Lipinski definition) is 1. The third-order valence-corrected chi connectivity index (χ3v) is 3.11. The lowest BCUT2D eigenvalue weighted by atomic mass is 9.92. The van der Waals surface area contributed by atoms with E-state index < -0.39 is 11.9 Å². The smallest absolute Gasteiger partial charge is 0.311 e. The highest BCUT2D eigenvalue weighted by atomic mass is 35.5. The highest BCUT2D eigenvalue weighted by Crippen LogP contribution is 2.23. The number of hydrogen-bond donors (Lipinski definition) is 1. The van der Waals surface area contributed by atoms with Crippen LogP contribution in [0.15, 0.2) is 54.6 Å². The number of benzene rings is 2. The van der Waals surface area contributed by atoms with Gasteiger partial charge in [0.1, 0.15) is 0 Å². The van der Waals surface area contributed by atoms with Crippen LogP contribution in [0.2, 0.25) is 5.02 Å². The fraction of sp³-hybridized carbons (Fsp3) is 0.133. The summed E-state index contributed by atoms with van der Waals surface area (Å²) in [6.07, 6.45) is 0.484. The van der Waals surface area contributed by atoms with Crippen LogP contribution in [0.3, 0.4) is 0 Å². The summed E-state index contributed by atoms with van der Waals surface area (Å²) in [5, 5.41) is 9.94. The minimum absolute atomic E-state index is 0.484. The van der Waals surface area contributed by atoms with E-state index >= 15 is 0 Å². The number of carboxylic acid groups (broad SMARTS) is 1. The molecule has 0 saturated heterocycles. The average molecular weight is 261 g/mol. The van der Waals surface area contributed by atoms with E-state index in [2.05, 4.69) is 0 Å². The SMILES string of the molecule is O=C(O)[C@@H](Cc1ccccc1)c1ccc(Cl)cc1. The molecule has 3 heteroatoms. The van der Waals surface area contributed by atoms with E-state index in [0.717, 1.165) is 11.1 Å². The molecule has 0 fully saturated rings. The van der Waals surface area contributed by atoms with Crippen LogP contribution in [0.4, 0.5) is 0 Å².